The summed E-state index contributed by atoms with van der Waals surface area (Å²) in [7, 11) is 0. The molecule has 0 spiro atoms. The number of hydrogen-bond acceptors (Lipinski definition) is 7. The van der Waals surface area contributed by atoms with Gasteiger partial charge in [0.15, 0.2) is 5.78 Å². The molecule has 1 aromatic carbocycles. The first-order chi connectivity index (χ1) is 29.5. The van der Waals surface area contributed by atoms with Crippen LogP contribution in [0.3, 0.4) is 0 Å². The van der Waals surface area contributed by atoms with E-state index in [1.807, 2.05) is 13.0 Å². The number of aliphatic carboxylic acids is 1. The van der Waals surface area contributed by atoms with Crippen LogP contribution in [-0.2, 0) is 14.3 Å². The summed E-state index contributed by atoms with van der Waals surface area (Å²) in [6, 6.07) is 6.64. The Bertz CT molecular complexity index is 2060. The molecule has 8 nitrogen and oxygen atoms in total. The molecule has 9 rings (SSSR count). The third-order valence-electron chi connectivity index (χ3n) is 19.8. The van der Waals surface area contributed by atoms with Gasteiger partial charge in [0.05, 0.1) is 24.9 Å². The molecule has 0 radical (unpaired) electrons. The molecule has 338 valence electrons. The molecule has 8 heteroatoms. The summed E-state index contributed by atoms with van der Waals surface area (Å²) >= 11 is 0. The summed E-state index contributed by atoms with van der Waals surface area (Å²) in [4.78, 5) is 23.9. The second-order valence-corrected chi connectivity index (χ2v) is 22.4. The van der Waals surface area contributed by atoms with E-state index in [1.165, 1.54) is 22.3 Å². The summed E-state index contributed by atoms with van der Waals surface area (Å²) in [6.07, 6.45) is 14.3. The van der Waals surface area contributed by atoms with Gasteiger partial charge in [-0.1, -0.05) is 51.3 Å². The van der Waals surface area contributed by atoms with Crippen LogP contribution >= 0.6 is 0 Å². The van der Waals surface area contributed by atoms with Gasteiger partial charge in [-0.2, -0.15) is 0 Å². The molecule has 0 aliphatic heterocycles. The van der Waals surface area contributed by atoms with E-state index in [0.29, 0.717) is 50.2 Å². The van der Waals surface area contributed by atoms with E-state index in [4.69, 9.17) is 9.47 Å². The van der Waals surface area contributed by atoms with Gasteiger partial charge in [-0.15, -0.1) is 5.92 Å². The standard InChI is InChI=1S/C54H74O8/c1-7-20-54(60)22-19-42-39-12-9-34-26-36(55)11-13-38(34)49(39)40(30-52(42,54)5)33-10-16-46(32(3)25-33)62-24-23-61-37-18-21-51(4)35(27-37)28-45(56)50-43-15-14-41(31(2)8-17-48(58)59)53(43,6)47(57)29-44(50)51/h10,16,25-26,31,35,37,39-45,47,50,56-57,60H,8-9,11-15,17-19,21-24,27-30H2,1-6H3,(H,58,59)/t31-,35?,37+,39?,40-,41-,42?,43+,44+,45-,47+,50+,51+,52+,53-,54+/m1/s1. The summed E-state index contributed by atoms with van der Waals surface area (Å²) in [5.74, 6) is 9.15. The smallest absolute Gasteiger partial charge is 0.303 e. The Kier molecular flexibility index (Phi) is 11.8. The first kappa shape index (κ1) is 44.3. The van der Waals surface area contributed by atoms with Crippen molar-refractivity contribution in [2.24, 2.45) is 63.6 Å². The van der Waals surface area contributed by atoms with Gasteiger partial charge in [-0.05, 0) is 196 Å². The van der Waals surface area contributed by atoms with Crippen molar-refractivity contribution in [3.8, 4) is 17.6 Å². The highest BCUT2D eigenvalue weighted by molar-refractivity contribution is 5.93. The number of aliphatic hydroxyl groups is 3. The number of ether oxygens (including phenoxy) is 2. The second kappa shape index (κ2) is 16.5. The lowest BCUT2D eigenvalue weighted by molar-refractivity contribution is -0.209. The first-order valence-corrected chi connectivity index (χ1v) is 24.6. The summed E-state index contributed by atoms with van der Waals surface area (Å²) < 4.78 is 13.0. The van der Waals surface area contributed by atoms with Crippen molar-refractivity contribution in [2.45, 2.75) is 174 Å². The average molecular weight is 851 g/mol. The largest absolute Gasteiger partial charge is 0.491 e. The predicted molar refractivity (Wildman–Crippen MR) is 239 cm³/mol. The Morgan fingerprint density at radius 1 is 0.952 bits per heavy atom. The number of aliphatic hydroxyl groups excluding tert-OH is 2. The van der Waals surface area contributed by atoms with Crippen LogP contribution in [0.15, 0.2) is 41.0 Å². The van der Waals surface area contributed by atoms with Crippen molar-refractivity contribution < 1.29 is 39.5 Å². The van der Waals surface area contributed by atoms with Crippen molar-refractivity contribution in [3.05, 3.63) is 52.1 Å². The predicted octanol–water partition coefficient (Wildman–Crippen LogP) is 9.51. The van der Waals surface area contributed by atoms with Gasteiger partial charge in [-0.3, -0.25) is 9.59 Å². The number of carboxylic acids is 1. The summed E-state index contributed by atoms with van der Waals surface area (Å²) in [6.45, 7) is 14.1. The lowest BCUT2D eigenvalue weighted by Crippen LogP contribution is -2.62. The fraction of sp³-hybridized carbons (Fsp3) is 0.741. The molecule has 0 bridgehead atoms. The number of aryl methyl sites for hydroxylation is 1. The Morgan fingerprint density at radius 3 is 2.52 bits per heavy atom. The molecular weight excluding hydrogens is 777 g/mol. The van der Waals surface area contributed by atoms with Crippen LogP contribution in [0, 0.1) is 82.4 Å². The molecule has 0 saturated heterocycles. The van der Waals surface area contributed by atoms with Gasteiger partial charge in [0.2, 0.25) is 0 Å². The Labute approximate surface area is 370 Å². The van der Waals surface area contributed by atoms with Crippen molar-refractivity contribution in [1.82, 2.24) is 0 Å². The Morgan fingerprint density at radius 2 is 1.76 bits per heavy atom. The van der Waals surface area contributed by atoms with Crippen molar-refractivity contribution in [2.75, 3.05) is 13.2 Å². The molecular formula is C54H74O8. The van der Waals surface area contributed by atoms with Gasteiger partial charge in [0.25, 0.3) is 0 Å². The quantitative estimate of drug-likeness (QED) is 0.135. The molecule has 0 amide bonds. The van der Waals surface area contributed by atoms with E-state index < -0.39 is 23.8 Å². The molecule has 8 aliphatic rings. The van der Waals surface area contributed by atoms with E-state index >= 15 is 0 Å². The number of ketones is 1. The maximum absolute atomic E-state index is 12.5. The fourth-order valence-corrected chi connectivity index (χ4v) is 16.6. The summed E-state index contributed by atoms with van der Waals surface area (Å²) in [5.41, 5.74) is 4.95. The van der Waals surface area contributed by atoms with Crippen LogP contribution in [0.1, 0.15) is 154 Å². The minimum absolute atomic E-state index is 0.0473. The Hall–Kier alpha value is -2.96. The SMILES string of the molecule is CC#C[C@]1(O)CCC2C3CCC4=CC(=O)CCC4=C3[C@@H](c3ccc(OCCO[C@H]4CC[C@@]5(C)C(C4)C[C@@H](O)[C@H]4[C@@H]6CC[C@H]([C@H](C)CCC(=O)O)[C@@]6(C)[C@@H](O)C[C@@H]45)c(C)c3)C[C@@]21C. The number of benzene rings is 1. The monoisotopic (exact) mass is 851 g/mol. The zero-order valence-electron chi connectivity index (χ0n) is 38.4. The third-order valence-corrected chi connectivity index (χ3v) is 19.8. The van der Waals surface area contributed by atoms with E-state index in [0.717, 1.165) is 88.4 Å². The second-order valence-electron chi connectivity index (χ2n) is 22.4. The van der Waals surface area contributed by atoms with E-state index in [9.17, 15) is 30.0 Å². The van der Waals surface area contributed by atoms with Crippen molar-refractivity contribution in [3.63, 3.8) is 0 Å². The normalized spacial score (nSPS) is 43.7. The van der Waals surface area contributed by atoms with Crippen molar-refractivity contribution >= 4 is 11.8 Å². The highest BCUT2D eigenvalue weighted by Gasteiger charge is 2.66. The molecule has 1 aromatic rings. The minimum atomic E-state index is -1.00. The van der Waals surface area contributed by atoms with Gasteiger partial charge < -0.3 is 29.9 Å². The molecule has 3 unspecified atom stereocenters. The van der Waals surface area contributed by atoms with Gasteiger partial charge in [-0.25, -0.2) is 0 Å². The fourth-order valence-electron chi connectivity index (χ4n) is 16.6. The molecule has 4 N–H and O–H groups in total. The average Bonchev–Trinajstić information content (AvgIpc) is 3.72. The maximum atomic E-state index is 12.5. The highest BCUT2D eigenvalue weighted by atomic mass is 16.5. The molecule has 6 fully saturated rings. The number of carboxylic acid groups (broad SMARTS) is 1. The number of carbonyl (C=O) groups is 2. The van der Waals surface area contributed by atoms with Crippen LogP contribution in [0.5, 0.6) is 5.75 Å². The van der Waals surface area contributed by atoms with Crippen molar-refractivity contribution in [1.29, 1.82) is 0 Å². The third kappa shape index (κ3) is 7.08. The maximum Gasteiger partial charge on any atom is 0.303 e. The minimum Gasteiger partial charge on any atom is -0.491 e. The van der Waals surface area contributed by atoms with Crippen LogP contribution in [0.2, 0.25) is 0 Å². The van der Waals surface area contributed by atoms with Crippen LogP contribution < -0.4 is 4.74 Å². The molecule has 6 saturated carbocycles. The zero-order valence-corrected chi connectivity index (χ0v) is 38.4. The highest BCUT2D eigenvalue weighted by Crippen LogP contribution is 2.69. The lowest BCUT2D eigenvalue weighted by Gasteiger charge is -2.63. The van der Waals surface area contributed by atoms with Gasteiger partial charge in [0, 0.05) is 24.2 Å². The van der Waals surface area contributed by atoms with E-state index in [-0.39, 0.29) is 70.1 Å². The molecule has 0 heterocycles. The molecule has 0 aromatic heterocycles. The molecule has 8 aliphatic carbocycles. The first-order valence-electron chi connectivity index (χ1n) is 24.6. The number of carbonyl (C=O) groups excluding carboxylic acids is 1. The van der Waals surface area contributed by atoms with E-state index in [1.54, 1.807) is 0 Å². The lowest BCUT2D eigenvalue weighted by atomic mass is 9.43. The van der Waals surface area contributed by atoms with Gasteiger partial charge >= 0.3 is 5.97 Å². The van der Waals surface area contributed by atoms with E-state index in [2.05, 4.69) is 64.7 Å². The van der Waals surface area contributed by atoms with Crippen LogP contribution in [0.25, 0.3) is 0 Å². The van der Waals surface area contributed by atoms with Crippen LogP contribution in [0.4, 0.5) is 0 Å². The summed E-state index contributed by atoms with van der Waals surface area (Å²) in [5, 5.41) is 45.3. The molecule has 62 heavy (non-hydrogen) atoms. The number of allylic oxidation sites excluding steroid dienone is 4. The molecule has 16 atom stereocenters. The number of hydrogen-bond donors (Lipinski definition) is 4. The Balaban J connectivity index is 0.842. The van der Waals surface area contributed by atoms with Crippen LogP contribution in [-0.4, -0.2) is 69.3 Å². The van der Waals surface area contributed by atoms with Gasteiger partial charge in [0.1, 0.15) is 18.0 Å². The zero-order chi connectivity index (χ0) is 43.9. The topological polar surface area (TPSA) is 134 Å². The number of rotatable bonds is 10. The number of fused-ring (bicyclic) bond motifs is 9.